The van der Waals surface area contributed by atoms with Gasteiger partial charge in [-0.15, -0.1) is 0 Å². The summed E-state index contributed by atoms with van der Waals surface area (Å²) in [5.74, 6) is 0. The molecule has 5 heteroatoms. The van der Waals surface area contributed by atoms with Gasteiger partial charge in [-0.1, -0.05) is 6.92 Å². The molecule has 0 aliphatic carbocycles. The van der Waals surface area contributed by atoms with Crippen LogP contribution in [0.5, 0.6) is 0 Å². The minimum atomic E-state index is 0.608. The molecule has 0 aliphatic rings. The first-order valence-electron chi connectivity index (χ1n) is 5.27. The lowest BCUT2D eigenvalue weighted by Gasteiger charge is -1.98. The number of aldehydes is 1. The Kier molecular flexibility index (Phi) is 2.85. The van der Waals surface area contributed by atoms with Gasteiger partial charge >= 0.3 is 0 Å². The van der Waals surface area contributed by atoms with Gasteiger partial charge in [0.2, 0.25) is 0 Å². The van der Waals surface area contributed by atoms with E-state index in [1.807, 2.05) is 13.1 Å². The predicted octanol–water partition coefficient (Wildman–Crippen LogP) is 1.51. The number of hydrogen-bond acceptors (Lipinski definition) is 3. The summed E-state index contributed by atoms with van der Waals surface area (Å²) in [5.41, 5.74) is 2.16. The lowest BCUT2D eigenvalue weighted by molar-refractivity contribution is 0.112. The van der Waals surface area contributed by atoms with E-state index in [0.717, 1.165) is 24.9 Å². The molecule has 0 saturated heterocycles. The fourth-order valence-corrected chi connectivity index (χ4v) is 1.67. The number of aryl methyl sites for hydroxylation is 2. The summed E-state index contributed by atoms with van der Waals surface area (Å²) in [4.78, 5) is 11.0. The van der Waals surface area contributed by atoms with Crippen molar-refractivity contribution in [3.8, 4) is 11.4 Å². The topological polar surface area (TPSA) is 52.7 Å². The van der Waals surface area contributed by atoms with Crippen molar-refractivity contribution in [2.24, 2.45) is 7.05 Å². The second-order valence-electron chi connectivity index (χ2n) is 3.65. The molecule has 16 heavy (non-hydrogen) atoms. The van der Waals surface area contributed by atoms with Gasteiger partial charge in [0, 0.05) is 26.0 Å². The molecule has 0 unspecified atom stereocenters. The van der Waals surface area contributed by atoms with Crippen molar-refractivity contribution in [3.63, 3.8) is 0 Å². The third kappa shape index (κ3) is 1.76. The van der Waals surface area contributed by atoms with Crippen LogP contribution in [0.4, 0.5) is 0 Å². The molecular weight excluding hydrogens is 204 g/mol. The number of carbonyl (C=O) groups excluding carboxylic acids is 1. The lowest BCUT2D eigenvalue weighted by Crippen LogP contribution is -1.99. The fraction of sp³-hybridized carbons (Fsp3) is 0.364. The lowest BCUT2D eigenvalue weighted by atomic mass is 10.2. The van der Waals surface area contributed by atoms with Crippen molar-refractivity contribution >= 4 is 6.29 Å². The molecule has 0 saturated carbocycles. The smallest absolute Gasteiger partial charge is 0.153 e. The van der Waals surface area contributed by atoms with Crippen LogP contribution in [-0.4, -0.2) is 25.8 Å². The van der Waals surface area contributed by atoms with E-state index in [2.05, 4.69) is 17.1 Å². The van der Waals surface area contributed by atoms with E-state index in [4.69, 9.17) is 0 Å². The van der Waals surface area contributed by atoms with Crippen LogP contribution < -0.4 is 0 Å². The zero-order valence-electron chi connectivity index (χ0n) is 9.42. The third-order valence-corrected chi connectivity index (χ3v) is 2.43. The summed E-state index contributed by atoms with van der Waals surface area (Å²) >= 11 is 0. The van der Waals surface area contributed by atoms with Crippen LogP contribution >= 0.6 is 0 Å². The SMILES string of the molecule is CCCn1cc(C=O)c(-c2ccnn2C)n1. The molecule has 2 aromatic rings. The van der Waals surface area contributed by atoms with Crippen molar-refractivity contribution in [1.82, 2.24) is 19.6 Å². The largest absolute Gasteiger partial charge is 0.298 e. The number of rotatable bonds is 4. The van der Waals surface area contributed by atoms with Gasteiger partial charge < -0.3 is 0 Å². The molecule has 0 atom stereocenters. The van der Waals surface area contributed by atoms with E-state index < -0.39 is 0 Å². The molecule has 0 bridgehead atoms. The van der Waals surface area contributed by atoms with E-state index in [9.17, 15) is 4.79 Å². The standard InChI is InChI=1S/C11H14N4O/c1-3-6-15-7-9(8-16)11(13-15)10-4-5-12-14(10)2/h4-5,7-8H,3,6H2,1-2H3. The Bertz CT molecular complexity index is 498. The van der Waals surface area contributed by atoms with Crippen molar-refractivity contribution in [2.45, 2.75) is 19.9 Å². The molecule has 0 aliphatic heterocycles. The number of aromatic nitrogens is 4. The normalized spacial score (nSPS) is 10.6. The van der Waals surface area contributed by atoms with E-state index >= 15 is 0 Å². The van der Waals surface area contributed by atoms with Crippen LogP contribution in [0, 0.1) is 0 Å². The maximum atomic E-state index is 11.0. The minimum absolute atomic E-state index is 0.608. The highest BCUT2D eigenvalue weighted by atomic mass is 16.1. The van der Waals surface area contributed by atoms with Crippen LogP contribution in [0.15, 0.2) is 18.5 Å². The number of carbonyl (C=O) groups is 1. The summed E-state index contributed by atoms with van der Waals surface area (Å²) < 4.78 is 3.51. The van der Waals surface area contributed by atoms with Gasteiger partial charge in [-0.2, -0.15) is 10.2 Å². The molecule has 0 spiro atoms. The maximum Gasteiger partial charge on any atom is 0.153 e. The van der Waals surface area contributed by atoms with E-state index in [0.29, 0.717) is 11.3 Å². The monoisotopic (exact) mass is 218 g/mol. The molecule has 0 fully saturated rings. The Hall–Kier alpha value is -1.91. The van der Waals surface area contributed by atoms with Crippen LogP contribution in [-0.2, 0) is 13.6 Å². The van der Waals surface area contributed by atoms with E-state index in [1.165, 1.54) is 0 Å². The zero-order chi connectivity index (χ0) is 11.5. The molecule has 0 amide bonds. The quantitative estimate of drug-likeness (QED) is 0.731. The number of hydrogen-bond donors (Lipinski definition) is 0. The highest BCUT2D eigenvalue weighted by molar-refractivity contribution is 5.84. The first kappa shape index (κ1) is 10.6. The Morgan fingerprint density at radius 3 is 2.88 bits per heavy atom. The second kappa shape index (κ2) is 4.30. The molecule has 0 aromatic carbocycles. The van der Waals surface area contributed by atoms with Crippen LogP contribution in [0.2, 0.25) is 0 Å². The van der Waals surface area contributed by atoms with Crippen LogP contribution in [0.3, 0.4) is 0 Å². The molecule has 0 N–H and O–H groups in total. The summed E-state index contributed by atoms with van der Waals surface area (Å²) in [5, 5.41) is 8.47. The van der Waals surface area contributed by atoms with Crippen molar-refractivity contribution < 1.29 is 4.79 Å². The van der Waals surface area contributed by atoms with Gasteiger partial charge in [-0.05, 0) is 12.5 Å². The molecular formula is C11H14N4O. The van der Waals surface area contributed by atoms with Gasteiger partial charge in [0.1, 0.15) is 5.69 Å². The molecule has 84 valence electrons. The first-order chi connectivity index (χ1) is 7.76. The Balaban J connectivity index is 2.47. The van der Waals surface area contributed by atoms with Crippen LogP contribution in [0.25, 0.3) is 11.4 Å². The van der Waals surface area contributed by atoms with Crippen LogP contribution in [0.1, 0.15) is 23.7 Å². The van der Waals surface area contributed by atoms with Gasteiger partial charge in [0.05, 0.1) is 11.3 Å². The van der Waals surface area contributed by atoms with E-state index in [1.54, 1.807) is 21.8 Å². The summed E-state index contributed by atoms with van der Waals surface area (Å²) in [7, 11) is 1.84. The first-order valence-corrected chi connectivity index (χ1v) is 5.27. The Morgan fingerprint density at radius 2 is 2.31 bits per heavy atom. The Morgan fingerprint density at radius 1 is 1.50 bits per heavy atom. The van der Waals surface area contributed by atoms with Crippen molar-refractivity contribution in [3.05, 3.63) is 24.0 Å². The maximum absolute atomic E-state index is 11.0. The van der Waals surface area contributed by atoms with Crippen molar-refractivity contribution in [1.29, 1.82) is 0 Å². The average molecular weight is 218 g/mol. The van der Waals surface area contributed by atoms with Crippen molar-refractivity contribution in [2.75, 3.05) is 0 Å². The Labute approximate surface area is 93.7 Å². The average Bonchev–Trinajstić information content (AvgIpc) is 2.84. The van der Waals surface area contributed by atoms with E-state index in [-0.39, 0.29) is 0 Å². The number of nitrogens with zero attached hydrogens (tertiary/aromatic N) is 4. The third-order valence-electron chi connectivity index (χ3n) is 2.43. The highest BCUT2D eigenvalue weighted by Crippen LogP contribution is 2.19. The minimum Gasteiger partial charge on any atom is -0.298 e. The second-order valence-corrected chi connectivity index (χ2v) is 3.65. The molecule has 0 radical (unpaired) electrons. The summed E-state index contributed by atoms with van der Waals surface area (Å²) in [6.45, 7) is 2.89. The molecule has 5 nitrogen and oxygen atoms in total. The van der Waals surface area contributed by atoms with Gasteiger partial charge in [0.15, 0.2) is 6.29 Å². The van der Waals surface area contributed by atoms with Gasteiger partial charge in [-0.3, -0.25) is 14.2 Å². The van der Waals surface area contributed by atoms with Gasteiger partial charge in [0.25, 0.3) is 0 Å². The zero-order valence-corrected chi connectivity index (χ0v) is 9.42. The molecule has 2 aromatic heterocycles. The summed E-state index contributed by atoms with van der Waals surface area (Å²) in [6.07, 6.45) is 5.30. The highest BCUT2D eigenvalue weighted by Gasteiger charge is 2.13. The fourth-order valence-electron chi connectivity index (χ4n) is 1.67. The predicted molar refractivity (Wildman–Crippen MR) is 60.1 cm³/mol. The molecule has 2 heterocycles. The van der Waals surface area contributed by atoms with Gasteiger partial charge in [-0.25, -0.2) is 0 Å². The summed E-state index contributed by atoms with van der Waals surface area (Å²) in [6, 6.07) is 1.85. The molecule has 2 rings (SSSR count).